The van der Waals surface area contributed by atoms with Crippen LogP contribution in [-0.2, 0) is 11.2 Å². The van der Waals surface area contributed by atoms with Gasteiger partial charge in [0.25, 0.3) is 0 Å². The first-order valence-corrected chi connectivity index (χ1v) is 6.47. The standard InChI is InChI=1S/C14H15N5O/c15-5-6-16-14-17-8-9-7-12(20)18-11-4-2-1-3-10(11)13(9)19-14/h1-4,8H,5-7,15H2,(H,18,20)(H,16,17,19). The second kappa shape index (κ2) is 5.26. The summed E-state index contributed by atoms with van der Waals surface area (Å²) in [5, 5.41) is 5.94. The van der Waals surface area contributed by atoms with Gasteiger partial charge in [0.05, 0.1) is 17.8 Å². The molecule has 3 rings (SSSR count). The molecule has 1 aliphatic rings. The van der Waals surface area contributed by atoms with Crippen LogP contribution in [0.25, 0.3) is 11.3 Å². The monoisotopic (exact) mass is 269 g/mol. The Morgan fingerprint density at radius 1 is 1.35 bits per heavy atom. The molecule has 0 fully saturated rings. The summed E-state index contributed by atoms with van der Waals surface area (Å²) >= 11 is 0. The largest absolute Gasteiger partial charge is 0.353 e. The minimum absolute atomic E-state index is 0.0533. The number of amides is 1. The number of aromatic nitrogens is 2. The highest BCUT2D eigenvalue weighted by Crippen LogP contribution is 2.32. The molecule has 6 heteroatoms. The Bertz CT molecular complexity index is 656. The molecule has 0 saturated heterocycles. The van der Waals surface area contributed by atoms with Gasteiger partial charge in [0, 0.05) is 30.4 Å². The summed E-state index contributed by atoms with van der Waals surface area (Å²) in [5.74, 6) is 0.473. The summed E-state index contributed by atoms with van der Waals surface area (Å²) in [5.41, 5.74) is 8.76. The summed E-state index contributed by atoms with van der Waals surface area (Å²) < 4.78 is 0. The van der Waals surface area contributed by atoms with Crippen LogP contribution in [-0.4, -0.2) is 29.0 Å². The van der Waals surface area contributed by atoms with Gasteiger partial charge in [-0.15, -0.1) is 0 Å². The van der Waals surface area contributed by atoms with Crippen molar-refractivity contribution < 1.29 is 4.79 Å². The average molecular weight is 269 g/mol. The molecule has 2 heterocycles. The molecule has 0 radical (unpaired) electrons. The van der Waals surface area contributed by atoms with Crippen LogP contribution >= 0.6 is 0 Å². The summed E-state index contributed by atoms with van der Waals surface area (Å²) in [6.07, 6.45) is 1.98. The summed E-state index contributed by atoms with van der Waals surface area (Å²) in [7, 11) is 0. The fraction of sp³-hybridized carbons (Fsp3) is 0.214. The first kappa shape index (κ1) is 12.6. The Morgan fingerprint density at radius 3 is 3.05 bits per heavy atom. The van der Waals surface area contributed by atoms with Crippen LogP contribution in [0.1, 0.15) is 5.56 Å². The van der Waals surface area contributed by atoms with Gasteiger partial charge < -0.3 is 16.4 Å². The van der Waals surface area contributed by atoms with E-state index in [-0.39, 0.29) is 12.3 Å². The zero-order chi connectivity index (χ0) is 13.9. The van der Waals surface area contributed by atoms with E-state index in [9.17, 15) is 4.79 Å². The molecule has 4 N–H and O–H groups in total. The van der Waals surface area contributed by atoms with Crippen LogP contribution in [0.2, 0.25) is 0 Å². The molecule has 102 valence electrons. The smallest absolute Gasteiger partial charge is 0.228 e. The Morgan fingerprint density at radius 2 is 2.20 bits per heavy atom. The normalized spacial score (nSPS) is 12.9. The number of rotatable bonds is 3. The molecule has 0 bridgehead atoms. The van der Waals surface area contributed by atoms with Gasteiger partial charge in [0.2, 0.25) is 11.9 Å². The first-order valence-electron chi connectivity index (χ1n) is 6.47. The van der Waals surface area contributed by atoms with Gasteiger partial charge in [0.1, 0.15) is 0 Å². The molecular formula is C14H15N5O. The highest BCUT2D eigenvalue weighted by Gasteiger charge is 2.20. The number of fused-ring (bicyclic) bond motifs is 3. The van der Waals surface area contributed by atoms with Gasteiger partial charge in [0.15, 0.2) is 0 Å². The Kier molecular flexibility index (Phi) is 3.30. The van der Waals surface area contributed by atoms with Crippen LogP contribution < -0.4 is 16.4 Å². The van der Waals surface area contributed by atoms with E-state index in [0.717, 1.165) is 22.5 Å². The molecule has 0 saturated carbocycles. The molecule has 0 atom stereocenters. The Hall–Kier alpha value is -2.47. The van der Waals surface area contributed by atoms with Crippen molar-refractivity contribution in [3.8, 4) is 11.3 Å². The highest BCUT2D eigenvalue weighted by atomic mass is 16.1. The van der Waals surface area contributed by atoms with Crippen molar-refractivity contribution in [1.29, 1.82) is 0 Å². The summed E-state index contributed by atoms with van der Waals surface area (Å²) in [4.78, 5) is 20.6. The van der Waals surface area contributed by atoms with Gasteiger partial charge in [-0.2, -0.15) is 0 Å². The number of para-hydroxylation sites is 1. The van der Waals surface area contributed by atoms with Gasteiger partial charge in [-0.25, -0.2) is 9.97 Å². The lowest BCUT2D eigenvalue weighted by molar-refractivity contribution is -0.115. The van der Waals surface area contributed by atoms with E-state index in [1.165, 1.54) is 0 Å². The van der Waals surface area contributed by atoms with Crippen molar-refractivity contribution in [2.24, 2.45) is 5.73 Å². The summed E-state index contributed by atoms with van der Waals surface area (Å²) in [6.45, 7) is 1.12. The van der Waals surface area contributed by atoms with E-state index in [1.54, 1.807) is 6.20 Å². The third-order valence-corrected chi connectivity index (χ3v) is 3.10. The predicted molar refractivity (Wildman–Crippen MR) is 77.3 cm³/mol. The Balaban J connectivity index is 2.10. The maximum atomic E-state index is 11.9. The van der Waals surface area contributed by atoms with E-state index in [0.29, 0.717) is 19.0 Å². The maximum absolute atomic E-state index is 11.9. The lowest BCUT2D eigenvalue weighted by atomic mass is 10.1. The van der Waals surface area contributed by atoms with Crippen molar-refractivity contribution in [3.63, 3.8) is 0 Å². The number of hydrogen-bond donors (Lipinski definition) is 3. The number of benzene rings is 1. The van der Waals surface area contributed by atoms with Crippen LogP contribution in [0.5, 0.6) is 0 Å². The van der Waals surface area contributed by atoms with Gasteiger partial charge >= 0.3 is 0 Å². The molecule has 1 aliphatic heterocycles. The van der Waals surface area contributed by atoms with Crippen LogP contribution in [0.15, 0.2) is 30.5 Å². The summed E-state index contributed by atoms with van der Waals surface area (Å²) in [6, 6.07) is 7.63. The van der Waals surface area contributed by atoms with Gasteiger partial charge in [-0.05, 0) is 6.07 Å². The fourth-order valence-corrected chi connectivity index (χ4v) is 2.20. The second-order valence-corrected chi connectivity index (χ2v) is 4.55. The number of nitrogens with one attached hydrogen (secondary N) is 2. The average Bonchev–Trinajstić information content (AvgIpc) is 2.60. The third-order valence-electron chi connectivity index (χ3n) is 3.10. The third kappa shape index (κ3) is 2.33. The minimum atomic E-state index is -0.0533. The van der Waals surface area contributed by atoms with E-state index >= 15 is 0 Å². The number of nitrogens with two attached hydrogens (primary N) is 1. The molecule has 1 amide bonds. The molecule has 1 aromatic heterocycles. The van der Waals surface area contributed by atoms with E-state index in [1.807, 2.05) is 24.3 Å². The molecule has 0 unspecified atom stereocenters. The fourth-order valence-electron chi connectivity index (χ4n) is 2.20. The maximum Gasteiger partial charge on any atom is 0.228 e. The highest BCUT2D eigenvalue weighted by molar-refractivity contribution is 5.99. The molecule has 20 heavy (non-hydrogen) atoms. The van der Waals surface area contributed by atoms with Crippen molar-refractivity contribution in [2.75, 3.05) is 23.7 Å². The SMILES string of the molecule is NCCNc1ncc2c(n1)-c1ccccc1NC(=O)C2. The van der Waals surface area contributed by atoms with Gasteiger partial charge in [-0.3, -0.25) is 4.79 Å². The van der Waals surface area contributed by atoms with Crippen LogP contribution in [0.3, 0.4) is 0 Å². The predicted octanol–water partition coefficient (Wildman–Crippen LogP) is 1.01. The number of hydrogen-bond acceptors (Lipinski definition) is 5. The Labute approximate surface area is 116 Å². The second-order valence-electron chi connectivity index (χ2n) is 4.55. The van der Waals surface area contributed by atoms with E-state index < -0.39 is 0 Å². The zero-order valence-corrected chi connectivity index (χ0v) is 10.9. The molecule has 0 spiro atoms. The zero-order valence-electron chi connectivity index (χ0n) is 10.9. The molecule has 1 aromatic carbocycles. The van der Waals surface area contributed by atoms with Crippen molar-refractivity contribution >= 4 is 17.5 Å². The number of carbonyl (C=O) groups is 1. The lowest BCUT2D eigenvalue weighted by Crippen LogP contribution is -2.15. The topological polar surface area (TPSA) is 92.9 Å². The number of carbonyl (C=O) groups excluding carboxylic acids is 1. The number of nitrogens with zero attached hydrogens (tertiary/aromatic N) is 2. The van der Waals surface area contributed by atoms with E-state index in [2.05, 4.69) is 20.6 Å². The van der Waals surface area contributed by atoms with Crippen LogP contribution in [0, 0.1) is 0 Å². The van der Waals surface area contributed by atoms with Crippen molar-refractivity contribution in [1.82, 2.24) is 9.97 Å². The molecule has 0 aliphatic carbocycles. The van der Waals surface area contributed by atoms with Crippen LogP contribution in [0.4, 0.5) is 11.6 Å². The van der Waals surface area contributed by atoms with Crippen molar-refractivity contribution in [3.05, 3.63) is 36.0 Å². The van der Waals surface area contributed by atoms with E-state index in [4.69, 9.17) is 5.73 Å². The van der Waals surface area contributed by atoms with Crippen molar-refractivity contribution in [2.45, 2.75) is 6.42 Å². The molecule has 2 aromatic rings. The first-order chi connectivity index (χ1) is 9.78. The minimum Gasteiger partial charge on any atom is -0.353 e. The van der Waals surface area contributed by atoms with Gasteiger partial charge in [-0.1, -0.05) is 18.2 Å². The molecule has 6 nitrogen and oxygen atoms in total. The molecular weight excluding hydrogens is 254 g/mol. The lowest BCUT2D eigenvalue weighted by Gasteiger charge is -2.09. The number of anilines is 2. The quantitative estimate of drug-likeness (QED) is 0.773.